The van der Waals surface area contributed by atoms with Gasteiger partial charge in [0, 0.05) is 12.3 Å². The summed E-state index contributed by atoms with van der Waals surface area (Å²) in [6.45, 7) is 3.01. The number of aromatic nitrogens is 1. The smallest absolute Gasteiger partial charge is 0.325 e. The zero-order chi connectivity index (χ0) is 23.8. The second kappa shape index (κ2) is 11.2. The zero-order valence-corrected chi connectivity index (χ0v) is 18.9. The molecular formula is C23H22FN3O5S. The molecule has 0 unspecified atom stereocenters. The number of rotatable bonds is 9. The number of halogens is 1. The number of nitrogens with one attached hydrogen (secondary N) is 1. The summed E-state index contributed by atoms with van der Waals surface area (Å²) < 4.78 is 24.7. The highest BCUT2D eigenvalue weighted by Gasteiger charge is 2.21. The Morgan fingerprint density at radius 2 is 1.85 bits per heavy atom. The molecule has 0 radical (unpaired) electrons. The van der Waals surface area contributed by atoms with E-state index in [1.165, 1.54) is 25.1 Å². The molecule has 0 aliphatic rings. The predicted molar refractivity (Wildman–Crippen MR) is 121 cm³/mol. The fraction of sp³-hybridized carbons (Fsp3) is 0.217. The number of benzene rings is 2. The molecule has 0 bridgehead atoms. The van der Waals surface area contributed by atoms with E-state index in [0.717, 1.165) is 16.2 Å². The molecule has 10 heteroatoms. The van der Waals surface area contributed by atoms with Gasteiger partial charge in [0.2, 0.25) is 5.91 Å². The lowest BCUT2D eigenvalue weighted by Crippen LogP contribution is -2.30. The van der Waals surface area contributed by atoms with E-state index in [1.807, 2.05) is 6.92 Å². The van der Waals surface area contributed by atoms with Gasteiger partial charge in [-0.25, -0.2) is 9.37 Å². The third kappa shape index (κ3) is 6.13. The molecule has 3 aromatic rings. The van der Waals surface area contributed by atoms with Gasteiger partial charge in [0.15, 0.2) is 5.13 Å². The van der Waals surface area contributed by atoms with Gasteiger partial charge >= 0.3 is 5.97 Å². The van der Waals surface area contributed by atoms with Crippen LogP contribution in [0.1, 0.15) is 29.9 Å². The maximum Gasteiger partial charge on any atom is 0.325 e. The van der Waals surface area contributed by atoms with Crippen molar-refractivity contribution in [3.63, 3.8) is 0 Å². The van der Waals surface area contributed by atoms with Gasteiger partial charge in [-0.1, -0.05) is 24.3 Å². The molecule has 33 heavy (non-hydrogen) atoms. The molecule has 0 aliphatic carbocycles. The number of carbonyl (C=O) groups excluding carboxylic acids is 3. The second-order valence-corrected chi connectivity index (χ2v) is 7.54. The number of para-hydroxylation sites is 2. The summed E-state index contributed by atoms with van der Waals surface area (Å²) in [6, 6.07) is 12.6. The van der Waals surface area contributed by atoms with Crippen LogP contribution in [0.15, 0.2) is 53.9 Å². The number of nitrogens with zero attached hydrogens (tertiary/aromatic N) is 2. The number of amides is 2. The number of carbonyl (C=O) groups is 3. The van der Waals surface area contributed by atoms with Crippen LogP contribution >= 0.6 is 11.3 Å². The summed E-state index contributed by atoms with van der Waals surface area (Å²) in [5.74, 6) is -1.67. The van der Waals surface area contributed by atoms with E-state index in [1.54, 1.807) is 35.7 Å². The van der Waals surface area contributed by atoms with Crippen molar-refractivity contribution in [1.29, 1.82) is 0 Å². The Kier molecular flexibility index (Phi) is 8.09. The first-order valence-electron chi connectivity index (χ1n) is 10.1. The molecule has 0 atom stereocenters. The summed E-state index contributed by atoms with van der Waals surface area (Å²) in [5, 5.41) is 4.35. The van der Waals surface area contributed by atoms with E-state index >= 15 is 0 Å². The minimum absolute atomic E-state index is 0.0814. The Bertz CT molecular complexity index is 1150. The average molecular weight is 472 g/mol. The average Bonchev–Trinajstić information content (AvgIpc) is 3.26. The molecule has 0 saturated heterocycles. The van der Waals surface area contributed by atoms with Gasteiger partial charge in [0.05, 0.1) is 23.6 Å². The number of anilines is 2. The number of thiazole rings is 1. The molecule has 0 fully saturated rings. The van der Waals surface area contributed by atoms with Crippen LogP contribution < -0.4 is 15.0 Å². The minimum Gasteiger partial charge on any atom is -0.493 e. The Morgan fingerprint density at radius 3 is 2.58 bits per heavy atom. The van der Waals surface area contributed by atoms with Gasteiger partial charge in [0.25, 0.3) is 5.91 Å². The SMILES string of the molecule is CCOc1ccccc1C(=O)NCC(=O)OCc1csc(N(C(C)=O)c2ccccc2F)n1. The minimum atomic E-state index is -0.663. The van der Waals surface area contributed by atoms with E-state index in [9.17, 15) is 18.8 Å². The largest absolute Gasteiger partial charge is 0.493 e. The van der Waals surface area contributed by atoms with Crippen molar-refractivity contribution in [3.8, 4) is 5.75 Å². The van der Waals surface area contributed by atoms with Gasteiger partial charge in [0.1, 0.15) is 24.7 Å². The molecule has 0 aliphatic heterocycles. The Morgan fingerprint density at radius 1 is 1.12 bits per heavy atom. The summed E-state index contributed by atoms with van der Waals surface area (Å²) in [6.07, 6.45) is 0. The van der Waals surface area contributed by atoms with Gasteiger partial charge in [-0.3, -0.25) is 19.3 Å². The van der Waals surface area contributed by atoms with Crippen molar-refractivity contribution in [2.24, 2.45) is 0 Å². The summed E-state index contributed by atoms with van der Waals surface area (Å²) in [5.41, 5.74) is 0.783. The van der Waals surface area contributed by atoms with Crippen LogP contribution in [0.25, 0.3) is 0 Å². The van der Waals surface area contributed by atoms with Crippen molar-refractivity contribution < 1.29 is 28.2 Å². The lowest BCUT2D eigenvalue weighted by atomic mass is 10.2. The third-order valence-corrected chi connectivity index (χ3v) is 5.22. The van der Waals surface area contributed by atoms with Crippen molar-refractivity contribution in [1.82, 2.24) is 10.3 Å². The fourth-order valence-electron chi connectivity index (χ4n) is 2.89. The van der Waals surface area contributed by atoms with Crippen LogP contribution in [0, 0.1) is 5.82 Å². The molecule has 2 amide bonds. The first kappa shape index (κ1) is 23.9. The topological polar surface area (TPSA) is 97.8 Å². The summed E-state index contributed by atoms with van der Waals surface area (Å²) >= 11 is 1.12. The van der Waals surface area contributed by atoms with Gasteiger partial charge in [-0.05, 0) is 31.2 Å². The maximum atomic E-state index is 14.2. The molecule has 1 N–H and O–H groups in total. The van der Waals surface area contributed by atoms with E-state index in [4.69, 9.17) is 9.47 Å². The second-order valence-electron chi connectivity index (χ2n) is 6.70. The molecule has 1 aromatic heterocycles. The van der Waals surface area contributed by atoms with Gasteiger partial charge < -0.3 is 14.8 Å². The van der Waals surface area contributed by atoms with Gasteiger partial charge in [-0.15, -0.1) is 11.3 Å². The normalized spacial score (nSPS) is 10.4. The van der Waals surface area contributed by atoms with Crippen LogP contribution in [-0.4, -0.2) is 35.9 Å². The number of esters is 1. The fourth-order valence-corrected chi connectivity index (χ4v) is 3.76. The molecule has 172 valence electrons. The zero-order valence-electron chi connectivity index (χ0n) is 18.0. The van der Waals surface area contributed by atoms with Crippen LogP contribution in [0.5, 0.6) is 5.75 Å². The van der Waals surface area contributed by atoms with Crippen molar-refractivity contribution in [3.05, 3.63) is 71.0 Å². The molecular weight excluding hydrogens is 449 g/mol. The maximum absolute atomic E-state index is 14.2. The lowest BCUT2D eigenvalue weighted by Gasteiger charge is -2.18. The van der Waals surface area contributed by atoms with Crippen molar-refractivity contribution in [2.75, 3.05) is 18.1 Å². The molecule has 0 saturated carbocycles. The number of ether oxygens (including phenoxy) is 2. The van der Waals surface area contributed by atoms with E-state index < -0.39 is 23.6 Å². The first-order valence-corrected chi connectivity index (χ1v) is 10.9. The molecule has 8 nitrogen and oxygen atoms in total. The quantitative estimate of drug-likeness (QED) is 0.476. The number of hydrogen-bond donors (Lipinski definition) is 1. The monoisotopic (exact) mass is 471 g/mol. The first-order chi connectivity index (χ1) is 15.9. The van der Waals surface area contributed by atoms with Gasteiger partial charge in [-0.2, -0.15) is 0 Å². The van der Waals surface area contributed by atoms with Crippen molar-refractivity contribution in [2.45, 2.75) is 20.5 Å². The Labute approximate surface area is 194 Å². The summed E-state index contributed by atoms with van der Waals surface area (Å²) in [4.78, 5) is 41.9. The molecule has 2 aromatic carbocycles. The third-order valence-electron chi connectivity index (χ3n) is 4.35. The van der Waals surface area contributed by atoms with E-state index in [0.29, 0.717) is 23.6 Å². The lowest BCUT2D eigenvalue weighted by molar-refractivity contribution is -0.143. The predicted octanol–water partition coefficient (Wildman–Crippen LogP) is 3.84. The highest BCUT2D eigenvalue weighted by molar-refractivity contribution is 7.14. The van der Waals surface area contributed by atoms with E-state index in [2.05, 4.69) is 10.3 Å². The Hall–Kier alpha value is -3.79. The Balaban J connectivity index is 1.57. The highest BCUT2D eigenvalue weighted by atomic mass is 32.1. The van der Waals surface area contributed by atoms with Crippen LogP contribution in [-0.2, 0) is 20.9 Å². The van der Waals surface area contributed by atoms with Crippen LogP contribution in [0.4, 0.5) is 15.2 Å². The highest BCUT2D eigenvalue weighted by Crippen LogP contribution is 2.30. The van der Waals surface area contributed by atoms with E-state index in [-0.39, 0.29) is 24.0 Å². The van der Waals surface area contributed by atoms with Crippen LogP contribution in [0.2, 0.25) is 0 Å². The molecule has 1 heterocycles. The molecule has 0 spiro atoms. The molecule has 3 rings (SSSR count). The number of hydrogen-bond acceptors (Lipinski definition) is 7. The van der Waals surface area contributed by atoms with Crippen molar-refractivity contribution >= 4 is 39.9 Å². The van der Waals surface area contributed by atoms with Crippen LogP contribution in [0.3, 0.4) is 0 Å². The standard InChI is InChI=1S/C23H22FN3O5S/c1-3-31-20-11-7-4-8-17(20)22(30)25-12-21(29)32-13-16-14-33-23(26-16)27(15(2)28)19-10-6-5-9-18(19)24/h4-11,14H,3,12-13H2,1-2H3,(H,25,30). The summed E-state index contributed by atoms with van der Waals surface area (Å²) in [7, 11) is 0.